The van der Waals surface area contributed by atoms with E-state index in [9.17, 15) is 9.90 Å². The Morgan fingerprint density at radius 1 is 1.15 bits per heavy atom. The molecule has 2 N–H and O–H groups in total. The van der Waals surface area contributed by atoms with Gasteiger partial charge in [-0.05, 0) is 48.2 Å². The summed E-state index contributed by atoms with van der Waals surface area (Å²) in [6.45, 7) is 0.389. The third-order valence-corrected chi connectivity index (χ3v) is 5.79. The van der Waals surface area contributed by atoms with Crippen LogP contribution in [0.15, 0.2) is 53.0 Å². The van der Waals surface area contributed by atoms with E-state index in [4.69, 9.17) is 11.6 Å². The second kappa shape index (κ2) is 8.55. The number of aliphatic hydroxyl groups is 1. The maximum atomic E-state index is 13.1. The normalized spacial score (nSPS) is 17.5. The molecular weight excluding hydrogens is 414 g/mol. The van der Waals surface area contributed by atoms with Gasteiger partial charge >= 0.3 is 0 Å². The first-order valence-electron chi connectivity index (χ1n) is 8.98. The lowest BCUT2D eigenvalue weighted by atomic mass is 9.72. The number of hydrogen-bond donors (Lipinski definition) is 2. The van der Waals surface area contributed by atoms with E-state index in [1.807, 2.05) is 48.5 Å². The van der Waals surface area contributed by atoms with Gasteiger partial charge in [0.1, 0.15) is 0 Å². The Bertz CT molecular complexity index is 774. The van der Waals surface area contributed by atoms with Crippen molar-refractivity contribution in [3.63, 3.8) is 0 Å². The van der Waals surface area contributed by atoms with Crippen molar-refractivity contribution < 1.29 is 9.90 Å². The summed E-state index contributed by atoms with van der Waals surface area (Å²) in [6.07, 6.45) is 4.30. The van der Waals surface area contributed by atoms with Crippen molar-refractivity contribution in [1.82, 2.24) is 5.32 Å². The number of carbonyl (C=O) groups is 1. The Hall–Kier alpha value is -1.36. The molecule has 3 rings (SSSR count). The molecule has 0 radical (unpaired) electrons. The van der Waals surface area contributed by atoms with Gasteiger partial charge in [0, 0.05) is 16.0 Å². The van der Waals surface area contributed by atoms with Gasteiger partial charge in [0.15, 0.2) is 0 Å². The van der Waals surface area contributed by atoms with E-state index in [2.05, 4.69) is 21.2 Å². The molecule has 1 saturated carbocycles. The number of hydrogen-bond acceptors (Lipinski definition) is 2. The number of halogens is 2. The van der Waals surface area contributed by atoms with Crippen LogP contribution in [-0.4, -0.2) is 16.6 Å². The summed E-state index contributed by atoms with van der Waals surface area (Å²) in [5.41, 5.74) is 0.777. The van der Waals surface area contributed by atoms with Crippen LogP contribution in [-0.2, 0) is 11.3 Å². The van der Waals surface area contributed by atoms with E-state index in [-0.39, 0.29) is 5.91 Å². The molecule has 5 heteroatoms. The van der Waals surface area contributed by atoms with E-state index in [0.717, 1.165) is 34.9 Å². The average molecular weight is 437 g/mol. The standard InChI is InChI=1S/C21H23BrClNO2/c22-17-8-5-7-16(13-17)19(21(26)10-2-1-3-11-21)20(25)24-14-15-6-4-9-18(23)12-15/h4-9,12-13,19,26H,1-3,10-11,14H2,(H,24,25). The zero-order valence-corrected chi connectivity index (χ0v) is 16.9. The van der Waals surface area contributed by atoms with Gasteiger partial charge < -0.3 is 10.4 Å². The zero-order chi connectivity index (χ0) is 18.6. The summed E-state index contributed by atoms with van der Waals surface area (Å²) < 4.78 is 0.905. The van der Waals surface area contributed by atoms with Gasteiger partial charge in [0.05, 0.1) is 11.5 Å². The zero-order valence-electron chi connectivity index (χ0n) is 14.6. The lowest BCUT2D eigenvalue weighted by Crippen LogP contribution is -2.46. The van der Waals surface area contributed by atoms with E-state index in [1.165, 1.54) is 0 Å². The highest BCUT2D eigenvalue weighted by Gasteiger charge is 2.43. The fraction of sp³-hybridized carbons (Fsp3) is 0.381. The molecule has 0 bridgehead atoms. The maximum Gasteiger partial charge on any atom is 0.230 e. The second-order valence-electron chi connectivity index (χ2n) is 7.00. The molecule has 26 heavy (non-hydrogen) atoms. The van der Waals surface area contributed by atoms with Crippen LogP contribution in [0.1, 0.15) is 49.1 Å². The average Bonchev–Trinajstić information content (AvgIpc) is 2.61. The summed E-state index contributed by atoms with van der Waals surface area (Å²) in [5, 5.41) is 14.9. The first-order valence-corrected chi connectivity index (χ1v) is 10.1. The third kappa shape index (κ3) is 4.67. The first kappa shape index (κ1) is 19.4. The van der Waals surface area contributed by atoms with Crippen molar-refractivity contribution in [2.75, 3.05) is 0 Å². The Labute approximate surface area is 167 Å². The number of amides is 1. The molecule has 3 nitrogen and oxygen atoms in total. The molecule has 0 spiro atoms. The van der Waals surface area contributed by atoms with Crippen LogP contribution in [0, 0.1) is 0 Å². The summed E-state index contributed by atoms with van der Waals surface area (Å²) in [4.78, 5) is 13.1. The van der Waals surface area contributed by atoms with Crippen molar-refractivity contribution in [3.05, 3.63) is 69.2 Å². The predicted molar refractivity (Wildman–Crippen MR) is 108 cm³/mol. The second-order valence-corrected chi connectivity index (χ2v) is 8.35. The van der Waals surface area contributed by atoms with E-state index < -0.39 is 11.5 Å². The molecule has 0 aliphatic heterocycles. The van der Waals surface area contributed by atoms with Crippen molar-refractivity contribution in [2.24, 2.45) is 0 Å². The summed E-state index contributed by atoms with van der Waals surface area (Å²) in [5.74, 6) is -0.730. The lowest BCUT2D eigenvalue weighted by molar-refractivity contribution is -0.131. The van der Waals surface area contributed by atoms with Gasteiger partial charge in [-0.15, -0.1) is 0 Å². The first-order chi connectivity index (χ1) is 12.5. The highest BCUT2D eigenvalue weighted by atomic mass is 79.9. The van der Waals surface area contributed by atoms with Crippen LogP contribution < -0.4 is 5.32 Å². The molecule has 0 saturated heterocycles. The highest BCUT2D eigenvalue weighted by molar-refractivity contribution is 9.10. The molecular formula is C21H23BrClNO2. The smallest absolute Gasteiger partial charge is 0.230 e. The molecule has 1 aliphatic rings. The molecule has 1 atom stereocenters. The molecule has 0 aromatic heterocycles. The number of rotatable bonds is 5. The van der Waals surface area contributed by atoms with Crippen LogP contribution in [0.5, 0.6) is 0 Å². The summed E-state index contributed by atoms with van der Waals surface area (Å²) in [6, 6.07) is 15.1. The SMILES string of the molecule is O=C(NCc1cccc(Cl)c1)C(c1cccc(Br)c1)C1(O)CCCCC1. The van der Waals surface area contributed by atoms with Crippen molar-refractivity contribution in [3.8, 4) is 0 Å². The minimum Gasteiger partial charge on any atom is -0.389 e. The summed E-state index contributed by atoms with van der Waals surface area (Å²) >= 11 is 9.50. The molecule has 1 aliphatic carbocycles. The Kier molecular flexibility index (Phi) is 6.38. The van der Waals surface area contributed by atoms with Crippen LogP contribution >= 0.6 is 27.5 Å². The Morgan fingerprint density at radius 2 is 1.88 bits per heavy atom. The Morgan fingerprint density at radius 3 is 2.58 bits per heavy atom. The van der Waals surface area contributed by atoms with Gasteiger partial charge in [-0.25, -0.2) is 0 Å². The van der Waals surface area contributed by atoms with Gasteiger partial charge in [0.25, 0.3) is 0 Å². The fourth-order valence-corrected chi connectivity index (χ4v) is 4.41. The number of nitrogens with one attached hydrogen (secondary N) is 1. The van der Waals surface area contributed by atoms with Gasteiger partial charge in [-0.1, -0.05) is 71.1 Å². The van der Waals surface area contributed by atoms with Crippen LogP contribution in [0.2, 0.25) is 5.02 Å². The van der Waals surface area contributed by atoms with E-state index in [1.54, 1.807) is 0 Å². The van der Waals surface area contributed by atoms with Crippen molar-refractivity contribution in [2.45, 2.75) is 50.2 Å². The van der Waals surface area contributed by atoms with Gasteiger partial charge in [0.2, 0.25) is 5.91 Å². The molecule has 2 aromatic rings. The summed E-state index contributed by atoms with van der Waals surface area (Å²) in [7, 11) is 0. The van der Waals surface area contributed by atoms with Gasteiger partial charge in [-0.2, -0.15) is 0 Å². The van der Waals surface area contributed by atoms with E-state index >= 15 is 0 Å². The lowest BCUT2D eigenvalue weighted by Gasteiger charge is -2.38. The topological polar surface area (TPSA) is 49.3 Å². The minimum atomic E-state index is -1.00. The molecule has 0 heterocycles. The minimum absolute atomic E-state index is 0.146. The predicted octanol–water partition coefficient (Wildman–Crippen LogP) is 5.20. The molecule has 1 fully saturated rings. The largest absolute Gasteiger partial charge is 0.389 e. The number of benzene rings is 2. The van der Waals surface area contributed by atoms with Crippen LogP contribution in [0.4, 0.5) is 0 Å². The molecule has 1 amide bonds. The fourth-order valence-electron chi connectivity index (χ4n) is 3.78. The molecule has 2 aromatic carbocycles. The Balaban J connectivity index is 1.83. The quantitative estimate of drug-likeness (QED) is 0.677. The highest BCUT2D eigenvalue weighted by Crippen LogP contribution is 2.40. The maximum absolute atomic E-state index is 13.1. The monoisotopic (exact) mass is 435 g/mol. The number of carbonyl (C=O) groups excluding carboxylic acids is 1. The van der Waals surface area contributed by atoms with Gasteiger partial charge in [-0.3, -0.25) is 4.79 Å². The van der Waals surface area contributed by atoms with Crippen molar-refractivity contribution >= 4 is 33.4 Å². The molecule has 1 unspecified atom stereocenters. The molecule has 138 valence electrons. The van der Waals surface area contributed by atoms with Crippen LogP contribution in [0.3, 0.4) is 0 Å². The van der Waals surface area contributed by atoms with E-state index in [0.29, 0.717) is 24.4 Å². The van der Waals surface area contributed by atoms with Crippen LogP contribution in [0.25, 0.3) is 0 Å². The van der Waals surface area contributed by atoms with Crippen molar-refractivity contribution in [1.29, 1.82) is 0 Å². The third-order valence-electron chi connectivity index (χ3n) is 5.06.